The average molecular weight is 265 g/mol. The number of thioether (sulfide) groups is 1. The minimum atomic E-state index is 0.0928. The SMILES string of the molecule is COc1ccc2c(c1)OC(C1CCSC1)CC2N. The number of ether oxygens (including phenoxy) is 2. The molecule has 0 aromatic heterocycles. The highest BCUT2D eigenvalue weighted by molar-refractivity contribution is 7.99. The maximum atomic E-state index is 6.27. The van der Waals surface area contributed by atoms with Gasteiger partial charge in [0.1, 0.15) is 17.6 Å². The number of rotatable bonds is 2. The first kappa shape index (κ1) is 12.2. The highest BCUT2D eigenvalue weighted by Crippen LogP contribution is 2.40. The van der Waals surface area contributed by atoms with Gasteiger partial charge in [0, 0.05) is 30.0 Å². The van der Waals surface area contributed by atoms with E-state index in [1.54, 1.807) is 7.11 Å². The van der Waals surface area contributed by atoms with Crippen molar-refractivity contribution in [2.45, 2.75) is 25.0 Å². The van der Waals surface area contributed by atoms with E-state index in [0.29, 0.717) is 5.92 Å². The third kappa shape index (κ3) is 2.19. The van der Waals surface area contributed by atoms with Gasteiger partial charge in [-0.3, -0.25) is 0 Å². The molecule has 2 heterocycles. The van der Waals surface area contributed by atoms with E-state index in [4.69, 9.17) is 15.2 Å². The van der Waals surface area contributed by atoms with E-state index >= 15 is 0 Å². The first-order chi connectivity index (χ1) is 8.78. The summed E-state index contributed by atoms with van der Waals surface area (Å²) in [6.45, 7) is 0. The summed E-state index contributed by atoms with van der Waals surface area (Å²) in [5, 5.41) is 0. The summed E-state index contributed by atoms with van der Waals surface area (Å²) in [7, 11) is 1.68. The molecule has 2 aliphatic heterocycles. The smallest absolute Gasteiger partial charge is 0.128 e. The molecule has 3 atom stereocenters. The summed E-state index contributed by atoms with van der Waals surface area (Å²) in [6, 6.07) is 6.03. The Labute approximate surface area is 112 Å². The van der Waals surface area contributed by atoms with Crippen LogP contribution in [0.25, 0.3) is 0 Å². The minimum absolute atomic E-state index is 0.0928. The van der Waals surface area contributed by atoms with Crippen LogP contribution in [0.4, 0.5) is 0 Å². The molecule has 0 aliphatic carbocycles. The van der Waals surface area contributed by atoms with Gasteiger partial charge in [0.2, 0.25) is 0 Å². The molecule has 0 amide bonds. The van der Waals surface area contributed by atoms with Crippen LogP contribution in [0.15, 0.2) is 18.2 Å². The summed E-state index contributed by atoms with van der Waals surface area (Å²) in [4.78, 5) is 0. The van der Waals surface area contributed by atoms with Crippen molar-refractivity contribution in [3.63, 3.8) is 0 Å². The number of methoxy groups -OCH3 is 1. The number of hydrogen-bond donors (Lipinski definition) is 1. The third-order valence-corrected chi connectivity index (χ3v) is 5.06. The second-order valence-corrected chi connectivity index (χ2v) is 6.18. The van der Waals surface area contributed by atoms with E-state index in [1.807, 2.05) is 30.0 Å². The maximum absolute atomic E-state index is 6.27. The molecule has 1 aromatic rings. The second-order valence-electron chi connectivity index (χ2n) is 5.03. The summed E-state index contributed by atoms with van der Waals surface area (Å²) in [5.74, 6) is 4.86. The molecule has 98 valence electrons. The Bertz CT molecular complexity index is 432. The van der Waals surface area contributed by atoms with Gasteiger partial charge in [-0.05, 0) is 24.0 Å². The Kier molecular flexibility index (Phi) is 3.39. The van der Waals surface area contributed by atoms with Crippen molar-refractivity contribution in [3.05, 3.63) is 23.8 Å². The number of nitrogens with two attached hydrogens (primary N) is 1. The van der Waals surface area contributed by atoms with Gasteiger partial charge in [-0.25, -0.2) is 0 Å². The normalized spacial score (nSPS) is 30.7. The molecule has 1 aromatic carbocycles. The van der Waals surface area contributed by atoms with Crippen molar-refractivity contribution >= 4 is 11.8 Å². The van der Waals surface area contributed by atoms with Crippen LogP contribution in [-0.2, 0) is 0 Å². The molecule has 4 heteroatoms. The third-order valence-electron chi connectivity index (χ3n) is 3.88. The van der Waals surface area contributed by atoms with Gasteiger partial charge in [0.25, 0.3) is 0 Å². The molecule has 1 saturated heterocycles. The fraction of sp³-hybridized carbons (Fsp3) is 0.571. The van der Waals surface area contributed by atoms with Gasteiger partial charge in [-0.15, -0.1) is 0 Å². The van der Waals surface area contributed by atoms with Gasteiger partial charge < -0.3 is 15.2 Å². The lowest BCUT2D eigenvalue weighted by Crippen LogP contribution is -2.35. The zero-order chi connectivity index (χ0) is 12.5. The van der Waals surface area contributed by atoms with E-state index in [2.05, 4.69) is 0 Å². The van der Waals surface area contributed by atoms with E-state index < -0.39 is 0 Å². The monoisotopic (exact) mass is 265 g/mol. The number of fused-ring (bicyclic) bond motifs is 1. The van der Waals surface area contributed by atoms with Crippen LogP contribution in [0, 0.1) is 5.92 Å². The van der Waals surface area contributed by atoms with Crippen molar-refractivity contribution in [1.82, 2.24) is 0 Å². The first-order valence-corrected chi connectivity index (χ1v) is 7.61. The van der Waals surface area contributed by atoms with Gasteiger partial charge in [0.05, 0.1) is 7.11 Å². The van der Waals surface area contributed by atoms with Gasteiger partial charge >= 0.3 is 0 Å². The predicted molar refractivity (Wildman–Crippen MR) is 74.4 cm³/mol. The van der Waals surface area contributed by atoms with E-state index in [1.165, 1.54) is 17.9 Å². The van der Waals surface area contributed by atoms with Gasteiger partial charge in [-0.2, -0.15) is 11.8 Å². The van der Waals surface area contributed by atoms with Crippen LogP contribution in [0.2, 0.25) is 0 Å². The van der Waals surface area contributed by atoms with E-state index in [9.17, 15) is 0 Å². The molecule has 3 rings (SSSR count). The maximum Gasteiger partial charge on any atom is 0.128 e. The van der Waals surface area contributed by atoms with Crippen molar-refractivity contribution in [2.75, 3.05) is 18.6 Å². The molecule has 0 radical (unpaired) electrons. The zero-order valence-electron chi connectivity index (χ0n) is 10.6. The predicted octanol–water partition coefficient (Wildman–Crippen LogP) is 2.60. The van der Waals surface area contributed by atoms with Crippen LogP contribution >= 0.6 is 11.8 Å². The standard InChI is InChI=1S/C14H19NO2S/c1-16-10-2-3-11-12(15)7-13(17-14(11)6-10)9-4-5-18-8-9/h2-3,6,9,12-13H,4-5,7-8,15H2,1H3. The van der Waals surface area contributed by atoms with E-state index in [-0.39, 0.29) is 12.1 Å². The summed E-state index contributed by atoms with van der Waals surface area (Å²) in [6.07, 6.45) is 2.46. The molecule has 2 aliphatic rings. The molecule has 1 fully saturated rings. The fourth-order valence-corrected chi connectivity index (χ4v) is 4.09. The Morgan fingerprint density at radius 1 is 1.44 bits per heavy atom. The van der Waals surface area contributed by atoms with Crippen LogP contribution < -0.4 is 15.2 Å². The average Bonchev–Trinajstić information content (AvgIpc) is 2.91. The molecule has 0 spiro atoms. The van der Waals surface area contributed by atoms with E-state index in [0.717, 1.165) is 23.5 Å². The van der Waals surface area contributed by atoms with Gasteiger partial charge in [0.15, 0.2) is 0 Å². The Hall–Kier alpha value is -0.870. The molecule has 18 heavy (non-hydrogen) atoms. The highest BCUT2D eigenvalue weighted by Gasteiger charge is 2.33. The molecule has 2 N–H and O–H groups in total. The first-order valence-electron chi connectivity index (χ1n) is 6.46. The fourth-order valence-electron chi connectivity index (χ4n) is 2.77. The van der Waals surface area contributed by atoms with Crippen LogP contribution in [-0.4, -0.2) is 24.7 Å². The summed E-state index contributed by atoms with van der Waals surface area (Å²) >= 11 is 2.02. The largest absolute Gasteiger partial charge is 0.497 e. The van der Waals surface area contributed by atoms with Crippen LogP contribution in [0.5, 0.6) is 11.5 Å². The molecule has 0 bridgehead atoms. The van der Waals surface area contributed by atoms with Crippen LogP contribution in [0.1, 0.15) is 24.4 Å². The molecule has 3 nitrogen and oxygen atoms in total. The number of benzene rings is 1. The molecular formula is C14H19NO2S. The topological polar surface area (TPSA) is 44.5 Å². The molecular weight excluding hydrogens is 246 g/mol. The van der Waals surface area contributed by atoms with Gasteiger partial charge in [-0.1, -0.05) is 6.07 Å². The minimum Gasteiger partial charge on any atom is -0.497 e. The van der Waals surface area contributed by atoms with Crippen molar-refractivity contribution in [1.29, 1.82) is 0 Å². The van der Waals surface area contributed by atoms with Crippen molar-refractivity contribution in [3.8, 4) is 11.5 Å². The van der Waals surface area contributed by atoms with Crippen LogP contribution in [0.3, 0.4) is 0 Å². The Morgan fingerprint density at radius 2 is 2.33 bits per heavy atom. The lowest BCUT2D eigenvalue weighted by atomic mass is 9.90. The highest BCUT2D eigenvalue weighted by atomic mass is 32.2. The number of hydrogen-bond acceptors (Lipinski definition) is 4. The Morgan fingerprint density at radius 3 is 3.06 bits per heavy atom. The van der Waals surface area contributed by atoms with Crippen molar-refractivity contribution < 1.29 is 9.47 Å². The Balaban J connectivity index is 1.85. The molecule has 0 saturated carbocycles. The lowest BCUT2D eigenvalue weighted by Gasteiger charge is -2.33. The summed E-state index contributed by atoms with van der Waals surface area (Å²) < 4.78 is 11.4. The quantitative estimate of drug-likeness (QED) is 0.892. The van der Waals surface area contributed by atoms with Crippen molar-refractivity contribution in [2.24, 2.45) is 11.7 Å². The zero-order valence-corrected chi connectivity index (χ0v) is 11.4. The lowest BCUT2D eigenvalue weighted by molar-refractivity contribution is 0.110. The summed E-state index contributed by atoms with van der Waals surface area (Å²) in [5.41, 5.74) is 7.38. The molecule has 3 unspecified atom stereocenters. The second kappa shape index (κ2) is 5.02.